The monoisotopic (exact) mass is 557 g/mol. The molecule has 2 aliphatic rings. The Balaban J connectivity index is 1.45. The van der Waals surface area contributed by atoms with E-state index in [0.717, 1.165) is 16.8 Å². The molecular formula is C33H32ClNO5. The highest BCUT2D eigenvalue weighted by Crippen LogP contribution is 2.47. The van der Waals surface area contributed by atoms with Crippen molar-refractivity contribution in [1.82, 2.24) is 5.32 Å². The van der Waals surface area contributed by atoms with Crippen LogP contribution in [0.5, 0.6) is 11.5 Å². The number of nitrogens with one attached hydrogen (secondary N) is 1. The SMILES string of the molecule is CCOc1ccccc1C1C(C(=O)OCCOc2ccccc2)=C(C)NC2=C1C(=O)CC(c1ccc(Cl)cc1)C2. The van der Waals surface area contributed by atoms with E-state index in [1.165, 1.54) is 0 Å². The number of para-hydroxylation sites is 2. The van der Waals surface area contributed by atoms with E-state index in [4.69, 9.17) is 25.8 Å². The van der Waals surface area contributed by atoms with Gasteiger partial charge < -0.3 is 19.5 Å². The summed E-state index contributed by atoms with van der Waals surface area (Å²) in [6.45, 7) is 4.51. The molecule has 0 aromatic heterocycles. The van der Waals surface area contributed by atoms with Crippen LogP contribution in [-0.2, 0) is 14.3 Å². The summed E-state index contributed by atoms with van der Waals surface area (Å²) in [4.78, 5) is 27.5. The van der Waals surface area contributed by atoms with Crippen molar-refractivity contribution < 1.29 is 23.8 Å². The minimum Gasteiger partial charge on any atom is -0.494 e. The minimum absolute atomic E-state index is 0.00443. The Bertz CT molecular complexity index is 1450. The summed E-state index contributed by atoms with van der Waals surface area (Å²) in [6, 6.07) is 24.6. The van der Waals surface area contributed by atoms with Crippen LogP contribution in [0.2, 0.25) is 5.02 Å². The zero-order valence-corrected chi connectivity index (χ0v) is 23.4. The molecule has 1 N–H and O–H groups in total. The number of hydrogen-bond acceptors (Lipinski definition) is 6. The third-order valence-electron chi connectivity index (χ3n) is 7.25. The normalized spacial score (nSPS) is 18.6. The number of carbonyl (C=O) groups excluding carboxylic acids is 2. The smallest absolute Gasteiger partial charge is 0.336 e. The Hall–Kier alpha value is -4.03. The van der Waals surface area contributed by atoms with Crippen LogP contribution in [0.3, 0.4) is 0 Å². The molecule has 1 aliphatic heterocycles. The van der Waals surface area contributed by atoms with Crippen LogP contribution in [0.15, 0.2) is 101 Å². The Morgan fingerprint density at radius 2 is 1.65 bits per heavy atom. The van der Waals surface area contributed by atoms with E-state index in [0.29, 0.717) is 52.8 Å². The molecule has 7 heteroatoms. The fourth-order valence-corrected chi connectivity index (χ4v) is 5.61. The first-order chi connectivity index (χ1) is 19.5. The molecule has 1 aliphatic carbocycles. The molecule has 206 valence electrons. The van der Waals surface area contributed by atoms with Crippen LogP contribution in [0.4, 0.5) is 0 Å². The van der Waals surface area contributed by atoms with Crippen LogP contribution in [0.25, 0.3) is 0 Å². The predicted octanol–water partition coefficient (Wildman–Crippen LogP) is 6.72. The van der Waals surface area contributed by atoms with Gasteiger partial charge >= 0.3 is 5.97 Å². The Labute approximate surface area is 239 Å². The molecule has 3 aromatic carbocycles. The first kappa shape index (κ1) is 27.5. The van der Waals surface area contributed by atoms with Gasteiger partial charge in [0.2, 0.25) is 0 Å². The number of halogens is 1. The molecule has 0 spiro atoms. The fraction of sp³-hybridized carbons (Fsp3) is 0.273. The van der Waals surface area contributed by atoms with Crippen LogP contribution in [-0.4, -0.2) is 31.6 Å². The summed E-state index contributed by atoms with van der Waals surface area (Å²) < 4.78 is 17.3. The number of dihydropyridines is 1. The van der Waals surface area contributed by atoms with Gasteiger partial charge in [0.1, 0.15) is 24.7 Å². The molecule has 40 heavy (non-hydrogen) atoms. The minimum atomic E-state index is -0.611. The summed E-state index contributed by atoms with van der Waals surface area (Å²) in [6.07, 6.45) is 0.975. The zero-order valence-electron chi connectivity index (χ0n) is 22.6. The van der Waals surface area contributed by atoms with Crippen molar-refractivity contribution in [2.45, 2.75) is 38.5 Å². The lowest BCUT2D eigenvalue weighted by Crippen LogP contribution is -2.36. The molecule has 6 nitrogen and oxygen atoms in total. The molecule has 2 atom stereocenters. The quantitative estimate of drug-likeness (QED) is 0.232. The van der Waals surface area contributed by atoms with Crippen LogP contribution < -0.4 is 14.8 Å². The number of ether oxygens (including phenoxy) is 3. The number of esters is 1. The van der Waals surface area contributed by atoms with E-state index < -0.39 is 11.9 Å². The van der Waals surface area contributed by atoms with Crippen molar-refractivity contribution in [3.63, 3.8) is 0 Å². The van der Waals surface area contributed by atoms with E-state index >= 15 is 0 Å². The molecule has 0 bridgehead atoms. The lowest BCUT2D eigenvalue weighted by Gasteiger charge is -2.37. The molecule has 0 fully saturated rings. The summed E-state index contributed by atoms with van der Waals surface area (Å²) in [5.74, 6) is 0.249. The average Bonchev–Trinajstić information content (AvgIpc) is 2.96. The van der Waals surface area contributed by atoms with E-state index in [9.17, 15) is 9.59 Å². The molecule has 0 saturated heterocycles. The van der Waals surface area contributed by atoms with Gasteiger partial charge in [-0.1, -0.05) is 60.1 Å². The number of Topliss-reactive ketones (excluding diaryl/α,β-unsaturated/α-hetero) is 1. The third kappa shape index (κ3) is 5.92. The van der Waals surface area contributed by atoms with Gasteiger partial charge in [0, 0.05) is 34.0 Å². The third-order valence-corrected chi connectivity index (χ3v) is 7.50. The second-order valence-electron chi connectivity index (χ2n) is 9.84. The highest BCUT2D eigenvalue weighted by atomic mass is 35.5. The summed E-state index contributed by atoms with van der Waals surface area (Å²) >= 11 is 6.10. The molecule has 2 unspecified atom stereocenters. The lowest BCUT2D eigenvalue weighted by atomic mass is 9.71. The molecule has 3 aromatic rings. The Kier molecular flexibility index (Phi) is 8.56. The van der Waals surface area contributed by atoms with Gasteiger partial charge in [-0.15, -0.1) is 0 Å². The zero-order chi connectivity index (χ0) is 28.1. The number of rotatable bonds is 9. The summed E-state index contributed by atoms with van der Waals surface area (Å²) in [5, 5.41) is 4.06. The molecule has 5 rings (SSSR count). The molecular weight excluding hydrogens is 526 g/mol. The molecule has 0 saturated carbocycles. The maximum atomic E-state index is 13.9. The van der Waals surface area contributed by atoms with Gasteiger partial charge in [0.15, 0.2) is 5.78 Å². The van der Waals surface area contributed by atoms with Crippen molar-refractivity contribution in [1.29, 1.82) is 0 Å². The van der Waals surface area contributed by atoms with Gasteiger partial charge in [-0.25, -0.2) is 4.79 Å². The van der Waals surface area contributed by atoms with E-state index in [-0.39, 0.29) is 24.9 Å². The van der Waals surface area contributed by atoms with Crippen molar-refractivity contribution in [3.8, 4) is 11.5 Å². The van der Waals surface area contributed by atoms with Crippen molar-refractivity contribution in [2.75, 3.05) is 19.8 Å². The summed E-state index contributed by atoms with van der Waals surface area (Å²) in [5.41, 5.74) is 4.31. The first-order valence-electron chi connectivity index (χ1n) is 13.5. The maximum absolute atomic E-state index is 13.9. The number of benzene rings is 3. The van der Waals surface area contributed by atoms with E-state index in [2.05, 4.69) is 5.32 Å². The Morgan fingerprint density at radius 3 is 2.40 bits per heavy atom. The number of allylic oxidation sites excluding steroid dienone is 3. The second kappa shape index (κ2) is 12.4. The fourth-order valence-electron chi connectivity index (χ4n) is 5.49. The van der Waals surface area contributed by atoms with Crippen LogP contribution >= 0.6 is 11.6 Å². The van der Waals surface area contributed by atoms with Gasteiger partial charge in [-0.05, 0) is 62.1 Å². The van der Waals surface area contributed by atoms with Gasteiger partial charge in [0.05, 0.1) is 18.1 Å². The molecule has 1 heterocycles. The van der Waals surface area contributed by atoms with E-state index in [1.54, 1.807) is 0 Å². The predicted molar refractivity (Wildman–Crippen MR) is 155 cm³/mol. The highest BCUT2D eigenvalue weighted by Gasteiger charge is 2.42. The van der Waals surface area contributed by atoms with Crippen molar-refractivity contribution in [2.24, 2.45) is 0 Å². The lowest BCUT2D eigenvalue weighted by molar-refractivity contribution is -0.140. The highest BCUT2D eigenvalue weighted by molar-refractivity contribution is 6.30. The second-order valence-corrected chi connectivity index (χ2v) is 10.3. The first-order valence-corrected chi connectivity index (χ1v) is 13.9. The Morgan fingerprint density at radius 1 is 0.925 bits per heavy atom. The number of carbonyl (C=O) groups is 2. The van der Waals surface area contributed by atoms with Gasteiger partial charge in [-0.3, -0.25) is 4.79 Å². The van der Waals surface area contributed by atoms with Gasteiger partial charge in [-0.2, -0.15) is 0 Å². The average molecular weight is 558 g/mol. The largest absolute Gasteiger partial charge is 0.494 e. The standard InChI is InChI=1S/C33H32ClNO5/c1-3-38-29-12-8-7-11-26(29)31-30(33(37)40-18-17-39-25-9-5-4-6-10-25)21(2)35-27-19-23(20-28(36)32(27)31)22-13-15-24(34)16-14-22/h4-16,23,31,35H,3,17-20H2,1-2H3. The topological polar surface area (TPSA) is 73.9 Å². The van der Waals surface area contributed by atoms with Crippen LogP contribution in [0, 0.1) is 0 Å². The number of hydrogen-bond donors (Lipinski definition) is 1. The maximum Gasteiger partial charge on any atom is 0.336 e. The van der Waals surface area contributed by atoms with Crippen molar-refractivity contribution in [3.05, 3.63) is 118 Å². The van der Waals surface area contributed by atoms with Crippen LogP contribution in [0.1, 0.15) is 49.7 Å². The van der Waals surface area contributed by atoms with E-state index in [1.807, 2.05) is 92.7 Å². The number of ketones is 1. The molecule has 0 amide bonds. The van der Waals surface area contributed by atoms with Gasteiger partial charge in [0.25, 0.3) is 0 Å². The molecule has 0 radical (unpaired) electrons. The van der Waals surface area contributed by atoms with Crippen molar-refractivity contribution >= 4 is 23.4 Å². The summed E-state index contributed by atoms with van der Waals surface area (Å²) in [7, 11) is 0.